The smallest absolute Gasteiger partial charge is 0.340 e. The van der Waals surface area contributed by atoms with Gasteiger partial charge in [-0.05, 0) is 13.3 Å². The van der Waals surface area contributed by atoms with Crippen molar-refractivity contribution in [2.75, 3.05) is 7.11 Å². The molecule has 1 aromatic rings. The molecule has 0 aliphatic rings. The molecule has 0 aliphatic carbocycles. The average molecular weight is 274 g/mol. The molecule has 1 N–H and O–H groups in total. The number of carbonyl (C=O) groups excluding carboxylic acids is 1. The van der Waals surface area contributed by atoms with E-state index in [0.717, 1.165) is 6.42 Å². The van der Waals surface area contributed by atoms with E-state index < -0.39 is 11.9 Å². The van der Waals surface area contributed by atoms with Crippen molar-refractivity contribution in [3.63, 3.8) is 0 Å². The number of carboxylic acids is 1. The number of carbonyl (C=O) groups is 2. The van der Waals surface area contributed by atoms with E-state index in [-0.39, 0.29) is 12.0 Å². The largest absolute Gasteiger partial charge is 0.481 e. The zero-order chi connectivity index (χ0) is 13.9. The molecule has 0 atom stereocenters. The number of rotatable bonds is 5. The summed E-state index contributed by atoms with van der Waals surface area (Å²) in [6.07, 6.45) is 0.545. The highest BCUT2D eigenvalue weighted by Crippen LogP contribution is 2.28. The molecule has 1 rings (SSSR count). The van der Waals surface area contributed by atoms with E-state index in [0.29, 0.717) is 23.0 Å². The van der Waals surface area contributed by atoms with Crippen LogP contribution in [0.25, 0.3) is 0 Å². The lowest BCUT2D eigenvalue weighted by Gasteiger charge is -2.05. The zero-order valence-electron chi connectivity index (χ0n) is 10.6. The maximum Gasteiger partial charge on any atom is 0.340 e. The van der Waals surface area contributed by atoms with Crippen molar-refractivity contribution in [2.24, 2.45) is 0 Å². The van der Waals surface area contributed by atoms with E-state index in [2.05, 4.69) is 4.74 Å². The molecular weight excluding hydrogens is 258 g/mol. The number of ether oxygens (including phenoxy) is 1. The summed E-state index contributed by atoms with van der Waals surface area (Å²) in [6, 6.07) is 0. The summed E-state index contributed by atoms with van der Waals surface area (Å²) in [4.78, 5) is 22.6. The minimum atomic E-state index is -1.03. The summed E-state index contributed by atoms with van der Waals surface area (Å²) in [7, 11) is 1.26. The molecule has 5 nitrogen and oxygen atoms in total. The number of methoxy groups -OCH3 is 1. The third-order valence-corrected chi connectivity index (χ3v) is 3.15. The number of hydrogen-bond acceptors (Lipinski definition) is 3. The topological polar surface area (TPSA) is 68.5 Å². The molecule has 18 heavy (non-hydrogen) atoms. The third kappa shape index (κ3) is 2.67. The van der Waals surface area contributed by atoms with Gasteiger partial charge < -0.3 is 14.4 Å². The highest BCUT2D eigenvalue weighted by Gasteiger charge is 2.25. The Labute approximate surface area is 110 Å². The van der Waals surface area contributed by atoms with Crippen molar-refractivity contribution in [1.29, 1.82) is 0 Å². The highest BCUT2D eigenvalue weighted by molar-refractivity contribution is 6.31. The summed E-state index contributed by atoms with van der Waals surface area (Å²) in [5.41, 5.74) is 1.23. The van der Waals surface area contributed by atoms with Crippen molar-refractivity contribution in [3.05, 3.63) is 22.0 Å². The van der Waals surface area contributed by atoms with Gasteiger partial charge in [0.15, 0.2) is 0 Å². The first-order chi connectivity index (χ1) is 8.43. The highest BCUT2D eigenvalue weighted by atomic mass is 35.5. The van der Waals surface area contributed by atoms with Crippen LogP contribution in [0.3, 0.4) is 0 Å². The van der Waals surface area contributed by atoms with Gasteiger partial charge in [0.1, 0.15) is 5.15 Å². The Morgan fingerprint density at radius 1 is 1.44 bits per heavy atom. The Bertz CT molecular complexity index is 479. The van der Waals surface area contributed by atoms with Crippen molar-refractivity contribution >= 4 is 23.5 Å². The van der Waals surface area contributed by atoms with Crippen LogP contribution in [-0.2, 0) is 22.5 Å². The number of aromatic nitrogens is 1. The molecule has 0 amide bonds. The Balaban J connectivity index is 3.40. The van der Waals surface area contributed by atoms with Crippen molar-refractivity contribution in [2.45, 2.75) is 33.2 Å². The Morgan fingerprint density at radius 3 is 2.50 bits per heavy atom. The molecule has 0 fully saturated rings. The summed E-state index contributed by atoms with van der Waals surface area (Å²) in [5.74, 6) is -1.59. The van der Waals surface area contributed by atoms with Crippen molar-refractivity contribution < 1.29 is 19.4 Å². The van der Waals surface area contributed by atoms with Gasteiger partial charge in [-0.1, -0.05) is 18.5 Å². The summed E-state index contributed by atoms with van der Waals surface area (Å²) in [5, 5.41) is 9.18. The lowest BCUT2D eigenvalue weighted by atomic mass is 10.1. The van der Waals surface area contributed by atoms with E-state index in [4.69, 9.17) is 16.7 Å². The van der Waals surface area contributed by atoms with Gasteiger partial charge in [0.05, 0.1) is 19.1 Å². The lowest BCUT2D eigenvalue weighted by Crippen LogP contribution is -2.09. The van der Waals surface area contributed by atoms with Gasteiger partial charge in [0.25, 0.3) is 0 Å². The number of esters is 1. The second-order valence-corrected chi connectivity index (χ2v) is 4.30. The van der Waals surface area contributed by atoms with Crippen LogP contribution in [0.4, 0.5) is 0 Å². The molecule has 0 saturated heterocycles. The van der Waals surface area contributed by atoms with Crippen LogP contribution in [0.15, 0.2) is 0 Å². The molecule has 1 aromatic heterocycles. The number of halogens is 1. The molecule has 1 heterocycles. The van der Waals surface area contributed by atoms with Gasteiger partial charge in [0.2, 0.25) is 0 Å². The van der Waals surface area contributed by atoms with E-state index in [1.54, 1.807) is 11.5 Å². The van der Waals surface area contributed by atoms with Crippen LogP contribution in [-0.4, -0.2) is 28.7 Å². The lowest BCUT2D eigenvalue weighted by molar-refractivity contribution is -0.136. The fraction of sp³-hybridized carbons (Fsp3) is 0.500. The van der Waals surface area contributed by atoms with Gasteiger partial charge in [-0.15, -0.1) is 0 Å². The summed E-state index contributed by atoms with van der Waals surface area (Å²) in [6.45, 7) is 4.35. The Morgan fingerprint density at radius 2 is 2.06 bits per heavy atom. The first kappa shape index (κ1) is 14.6. The molecule has 0 radical (unpaired) electrons. The quantitative estimate of drug-likeness (QED) is 0.836. The molecule has 0 unspecified atom stereocenters. The minimum Gasteiger partial charge on any atom is -0.481 e. The van der Waals surface area contributed by atoms with E-state index in [1.807, 2.05) is 6.92 Å². The molecule has 0 spiro atoms. The van der Waals surface area contributed by atoms with Gasteiger partial charge in [-0.2, -0.15) is 0 Å². The van der Waals surface area contributed by atoms with Crippen LogP contribution in [0.2, 0.25) is 5.15 Å². The molecule has 0 bridgehead atoms. The first-order valence-electron chi connectivity index (χ1n) is 5.61. The second-order valence-electron chi connectivity index (χ2n) is 3.94. The monoisotopic (exact) mass is 273 g/mol. The Kier molecular flexibility index (Phi) is 4.78. The maximum absolute atomic E-state index is 11.7. The molecular formula is C12H16ClNO4. The number of aliphatic carboxylic acids is 1. The third-order valence-electron chi connectivity index (χ3n) is 2.72. The first-order valence-corrected chi connectivity index (χ1v) is 5.99. The molecule has 100 valence electrons. The van der Waals surface area contributed by atoms with Crippen LogP contribution >= 0.6 is 11.6 Å². The zero-order valence-corrected chi connectivity index (χ0v) is 11.4. The molecule has 0 aromatic carbocycles. The molecule has 0 aliphatic heterocycles. The fourth-order valence-corrected chi connectivity index (χ4v) is 2.31. The SMILES string of the molecule is CCCn1c(C)c(C(=O)OC)c(CC(=O)O)c1Cl. The fourth-order valence-electron chi connectivity index (χ4n) is 1.94. The van der Waals surface area contributed by atoms with Gasteiger partial charge in [0, 0.05) is 17.8 Å². The summed E-state index contributed by atoms with van der Waals surface area (Å²) >= 11 is 6.15. The number of carboxylic acid groups (broad SMARTS) is 1. The van der Waals surface area contributed by atoms with Gasteiger partial charge in [-0.3, -0.25) is 4.79 Å². The maximum atomic E-state index is 11.7. The van der Waals surface area contributed by atoms with E-state index >= 15 is 0 Å². The summed E-state index contributed by atoms with van der Waals surface area (Å²) < 4.78 is 6.42. The second kappa shape index (κ2) is 5.91. The van der Waals surface area contributed by atoms with E-state index in [9.17, 15) is 9.59 Å². The normalized spacial score (nSPS) is 10.4. The Hall–Kier alpha value is -1.49. The standard InChI is InChI=1S/C12H16ClNO4/c1-4-5-14-7(2)10(12(17)18-3)8(11(14)13)6-9(15)16/h4-6H2,1-3H3,(H,15,16). The van der Waals surface area contributed by atoms with Gasteiger partial charge in [-0.25, -0.2) is 4.79 Å². The van der Waals surface area contributed by atoms with Crippen LogP contribution < -0.4 is 0 Å². The minimum absolute atomic E-state index is 0.262. The number of hydrogen-bond donors (Lipinski definition) is 1. The van der Waals surface area contributed by atoms with Crippen LogP contribution in [0.5, 0.6) is 0 Å². The molecule has 6 heteroatoms. The average Bonchev–Trinajstić information content (AvgIpc) is 2.53. The van der Waals surface area contributed by atoms with Crippen LogP contribution in [0.1, 0.15) is 35.0 Å². The van der Waals surface area contributed by atoms with Crippen molar-refractivity contribution in [3.8, 4) is 0 Å². The van der Waals surface area contributed by atoms with Crippen molar-refractivity contribution in [1.82, 2.24) is 4.57 Å². The van der Waals surface area contributed by atoms with E-state index in [1.165, 1.54) is 7.11 Å². The van der Waals surface area contributed by atoms with Crippen LogP contribution in [0, 0.1) is 6.92 Å². The van der Waals surface area contributed by atoms with Gasteiger partial charge >= 0.3 is 11.9 Å². The predicted octanol–water partition coefficient (Wildman–Crippen LogP) is 2.27. The number of nitrogens with zero attached hydrogens (tertiary/aromatic N) is 1. The molecule has 0 saturated carbocycles. The predicted molar refractivity (Wildman–Crippen MR) is 67.1 cm³/mol.